The van der Waals surface area contributed by atoms with Crippen molar-refractivity contribution in [3.05, 3.63) is 28.7 Å². The van der Waals surface area contributed by atoms with E-state index in [2.05, 4.69) is 30.7 Å². The fraction of sp³-hybridized carbons (Fsp3) is 0.500. The van der Waals surface area contributed by atoms with E-state index in [4.69, 9.17) is 0 Å². The zero-order chi connectivity index (χ0) is 9.68. The highest BCUT2D eigenvalue weighted by atomic mass is 32.1. The van der Waals surface area contributed by atoms with E-state index in [1.54, 1.807) is 11.3 Å². The molecule has 1 atom stereocenters. The molecule has 1 heterocycles. The van der Waals surface area contributed by atoms with Crippen LogP contribution in [0.4, 0.5) is 0 Å². The molecular formula is C10H16N2S. The topological polar surface area (TPSA) is 24.9 Å². The van der Waals surface area contributed by atoms with Crippen LogP contribution in [0.25, 0.3) is 0 Å². The Kier molecular flexibility index (Phi) is 4.12. The molecule has 0 aliphatic rings. The van der Waals surface area contributed by atoms with Crippen molar-refractivity contribution < 1.29 is 0 Å². The molecule has 1 unspecified atom stereocenters. The van der Waals surface area contributed by atoms with Gasteiger partial charge >= 0.3 is 0 Å². The van der Waals surface area contributed by atoms with Crippen LogP contribution in [0.5, 0.6) is 0 Å². The van der Waals surface area contributed by atoms with Gasteiger partial charge < -0.3 is 5.32 Å². The Hall–Kier alpha value is -0.670. The second kappa shape index (κ2) is 5.14. The fourth-order valence-corrected chi connectivity index (χ4v) is 2.06. The Morgan fingerprint density at radius 3 is 3.08 bits per heavy atom. The second-order valence-electron chi connectivity index (χ2n) is 3.06. The number of nitrogens with zero attached hydrogens (tertiary/aromatic N) is 1. The maximum absolute atomic E-state index is 4.22. The van der Waals surface area contributed by atoms with Gasteiger partial charge in [-0.15, -0.1) is 17.9 Å². The predicted molar refractivity (Wildman–Crippen MR) is 58.1 cm³/mol. The molecule has 0 aromatic carbocycles. The van der Waals surface area contributed by atoms with E-state index in [-0.39, 0.29) is 0 Å². The minimum absolute atomic E-state index is 0.410. The molecule has 2 nitrogen and oxygen atoms in total. The fourth-order valence-electron chi connectivity index (χ4n) is 1.22. The standard InChI is InChI=1S/C10H16N2S/c1-4-5-6-11-8(2)10-9(3)12-7-13-10/h4,7-8,11H,1,5-6H2,2-3H3. The van der Waals surface area contributed by atoms with E-state index in [9.17, 15) is 0 Å². The largest absolute Gasteiger partial charge is 0.309 e. The number of thiazole rings is 1. The van der Waals surface area contributed by atoms with Crippen LogP contribution in [-0.4, -0.2) is 11.5 Å². The molecule has 0 radical (unpaired) electrons. The first-order chi connectivity index (χ1) is 6.25. The lowest BCUT2D eigenvalue weighted by molar-refractivity contribution is 0.586. The number of aryl methyl sites for hydroxylation is 1. The summed E-state index contributed by atoms with van der Waals surface area (Å²) in [5, 5.41) is 3.43. The average molecular weight is 196 g/mol. The molecule has 0 fully saturated rings. The number of nitrogens with one attached hydrogen (secondary N) is 1. The van der Waals surface area contributed by atoms with Crippen LogP contribution in [0, 0.1) is 6.92 Å². The number of hydrogen-bond donors (Lipinski definition) is 1. The maximum atomic E-state index is 4.22. The lowest BCUT2D eigenvalue weighted by Gasteiger charge is -2.11. The summed E-state index contributed by atoms with van der Waals surface area (Å²) in [6.07, 6.45) is 2.95. The van der Waals surface area contributed by atoms with Gasteiger partial charge in [0.25, 0.3) is 0 Å². The molecule has 0 saturated carbocycles. The molecule has 0 aliphatic carbocycles. The van der Waals surface area contributed by atoms with E-state index in [1.807, 2.05) is 11.6 Å². The Bertz CT molecular complexity index is 268. The summed E-state index contributed by atoms with van der Waals surface area (Å²) in [5.74, 6) is 0. The summed E-state index contributed by atoms with van der Waals surface area (Å²) >= 11 is 1.72. The van der Waals surface area contributed by atoms with Crippen molar-refractivity contribution in [3.63, 3.8) is 0 Å². The Labute approximate surface area is 83.7 Å². The minimum Gasteiger partial charge on any atom is -0.309 e. The SMILES string of the molecule is C=CCCNC(C)c1scnc1C. The second-order valence-corrected chi connectivity index (χ2v) is 3.94. The Morgan fingerprint density at radius 1 is 1.77 bits per heavy atom. The molecule has 0 amide bonds. The van der Waals surface area contributed by atoms with Gasteiger partial charge in [0.15, 0.2) is 0 Å². The van der Waals surface area contributed by atoms with E-state index < -0.39 is 0 Å². The predicted octanol–water partition coefficient (Wildman–Crippen LogP) is 2.68. The third kappa shape index (κ3) is 2.94. The first-order valence-corrected chi connectivity index (χ1v) is 5.38. The first kappa shape index (κ1) is 10.4. The summed E-state index contributed by atoms with van der Waals surface area (Å²) in [4.78, 5) is 5.56. The molecule has 1 aromatic heterocycles. The van der Waals surface area contributed by atoms with Gasteiger partial charge in [0, 0.05) is 10.9 Å². The van der Waals surface area contributed by atoms with Gasteiger partial charge in [0.2, 0.25) is 0 Å². The van der Waals surface area contributed by atoms with Crippen LogP contribution in [-0.2, 0) is 0 Å². The van der Waals surface area contributed by atoms with Gasteiger partial charge in [-0.3, -0.25) is 0 Å². The number of hydrogen-bond acceptors (Lipinski definition) is 3. The van der Waals surface area contributed by atoms with Crippen LogP contribution in [0.3, 0.4) is 0 Å². The first-order valence-electron chi connectivity index (χ1n) is 4.50. The van der Waals surface area contributed by atoms with Gasteiger partial charge in [0.05, 0.1) is 11.2 Å². The zero-order valence-corrected chi connectivity index (χ0v) is 9.03. The minimum atomic E-state index is 0.410. The van der Waals surface area contributed by atoms with Gasteiger partial charge in [-0.05, 0) is 26.8 Å². The Morgan fingerprint density at radius 2 is 2.54 bits per heavy atom. The molecule has 3 heteroatoms. The van der Waals surface area contributed by atoms with Crippen molar-refractivity contribution >= 4 is 11.3 Å². The lowest BCUT2D eigenvalue weighted by Crippen LogP contribution is -2.19. The summed E-state index contributed by atoms with van der Waals surface area (Å²) in [7, 11) is 0. The van der Waals surface area contributed by atoms with Crippen molar-refractivity contribution in [2.24, 2.45) is 0 Å². The summed E-state index contributed by atoms with van der Waals surface area (Å²) in [6.45, 7) is 8.90. The number of rotatable bonds is 5. The van der Waals surface area contributed by atoms with E-state index >= 15 is 0 Å². The normalized spacial score (nSPS) is 12.8. The smallest absolute Gasteiger partial charge is 0.0798 e. The quantitative estimate of drug-likeness (QED) is 0.578. The molecule has 72 valence electrons. The molecular weight excluding hydrogens is 180 g/mol. The lowest BCUT2D eigenvalue weighted by atomic mass is 10.2. The van der Waals surface area contributed by atoms with Crippen molar-refractivity contribution in [1.29, 1.82) is 0 Å². The van der Waals surface area contributed by atoms with Crippen molar-refractivity contribution in [2.75, 3.05) is 6.54 Å². The third-order valence-corrected chi connectivity index (χ3v) is 3.09. The van der Waals surface area contributed by atoms with E-state index in [1.165, 1.54) is 4.88 Å². The summed E-state index contributed by atoms with van der Waals surface area (Å²) in [6, 6.07) is 0.410. The highest BCUT2D eigenvalue weighted by Crippen LogP contribution is 2.20. The molecule has 0 bridgehead atoms. The van der Waals surface area contributed by atoms with Gasteiger partial charge in [-0.25, -0.2) is 4.98 Å². The van der Waals surface area contributed by atoms with Crippen LogP contribution < -0.4 is 5.32 Å². The van der Waals surface area contributed by atoms with Crippen molar-refractivity contribution in [1.82, 2.24) is 10.3 Å². The highest BCUT2D eigenvalue weighted by molar-refractivity contribution is 7.09. The molecule has 1 aromatic rings. The molecule has 13 heavy (non-hydrogen) atoms. The molecule has 0 saturated heterocycles. The van der Waals surface area contributed by atoms with Crippen molar-refractivity contribution in [3.8, 4) is 0 Å². The van der Waals surface area contributed by atoms with Gasteiger partial charge in [-0.2, -0.15) is 0 Å². The third-order valence-electron chi connectivity index (χ3n) is 1.97. The van der Waals surface area contributed by atoms with Crippen LogP contribution in [0.2, 0.25) is 0 Å². The van der Waals surface area contributed by atoms with Crippen LogP contribution >= 0.6 is 11.3 Å². The summed E-state index contributed by atoms with van der Waals surface area (Å²) < 4.78 is 0. The number of aromatic nitrogens is 1. The molecule has 1 rings (SSSR count). The average Bonchev–Trinajstić information content (AvgIpc) is 2.52. The zero-order valence-electron chi connectivity index (χ0n) is 8.21. The molecule has 0 spiro atoms. The van der Waals surface area contributed by atoms with Gasteiger partial charge in [0.1, 0.15) is 0 Å². The van der Waals surface area contributed by atoms with Crippen molar-refractivity contribution in [2.45, 2.75) is 26.3 Å². The van der Waals surface area contributed by atoms with Crippen LogP contribution in [0.1, 0.15) is 30.0 Å². The van der Waals surface area contributed by atoms with Gasteiger partial charge in [-0.1, -0.05) is 6.08 Å². The maximum Gasteiger partial charge on any atom is 0.0798 e. The monoisotopic (exact) mass is 196 g/mol. The Balaban J connectivity index is 2.44. The van der Waals surface area contributed by atoms with E-state index in [0.717, 1.165) is 18.7 Å². The summed E-state index contributed by atoms with van der Waals surface area (Å²) in [5.41, 5.74) is 3.04. The van der Waals surface area contributed by atoms with E-state index in [0.29, 0.717) is 6.04 Å². The molecule has 1 N–H and O–H groups in total. The van der Waals surface area contributed by atoms with Crippen LogP contribution in [0.15, 0.2) is 18.2 Å². The molecule has 0 aliphatic heterocycles. The highest BCUT2D eigenvalue weighted by Gasteiger charge is 2.08.